The molecule has 8 nitrogen and oxygen atoms in total. The number of nitrogens with zero attached hydrogens (tertiary/aromatic N) is 4. The maximum absolute atomic E-state index is 13.7. The highest BCUT2D eigenvalue weighted by molar-refractivity contribution is 7.91. The van der Waals surface area contributed by atoms with E-state index < -0.39 is 15.8 Å². The Morgan fingerprint density at radius 2 is 2.03 bits per heavy atom. The van der Waals surface area contributed by atoms with Gasteiger partial charge in [-0.3, -0.25) is 0 Å². The van der Waals surface area contributed by atoms with Crippen LogP contribution in [0, 0.1) is 23.7 Å². The number of sulfonamides is 1. The van der Waals surface area contributed by atoms with Gasteiger partial charge >= 0.3 is 0 Å². The van der Waals surface area contributed by atoms with Crippen LogP contribution >= 0.6 is 11.3 Å². The van der Waals surface area contributed by atoms with Crippen molar-refractivity contribution >= 4 is 21.4 Å². The van der Waals surface area contributed by atoms with Crippen molar-refractivity contribution in [3.05, 3.63) is 90.4 Å². The second kappa shape index (κ2) is 11.2. The van der Waals surface area contributed by atoms with Gasteiger partial charge in [0, 0.05) is 18.7 Å². The van der Waals surface area contributed by atoms with Crippen LogP contribution in [0.15, 0.2) is 71.2 Å². The first-order valence-corrected chi connectivity index (χ1v) is 12.9. The number of halogens is 1. The Balaban J connectivity index is 1.30. The lowest BCUT2D eigenvalue weighted by Gasteiger charge is -2.20. The molecule has 0 fully saturated rings. The Kier molecular flexibility index (Phi) is 7.87. The predicted octanol–water partition coefficient (Wildman–Crippen LogP) is 3.86. The minimum atomic E-state index is -3.99. The Hall–Kier alpha value is -3.59. The molecule has 0 saturated carbocycles. The first-order valence-electron chi connectivity index (χ1n) is 10.6. The fourth-order valence-corrected chi connectivity index (χ4v) is 5.11. The Morgan fingerprint density at radius 1 is 1.20 bits per heavy atom. The molecule has 1 radical (unpaired) electrons. The number of rotatable bonds is 10. The lowest BCUT2D eigenvalue weighted by Crippen LogP contribution is -2.21. The average Bonchev–Trinajstić information content (AvgIpc) is 3.38. The number of nitrogens with one attached hydrogen (secondary N) is 1. The van der Waals surface area contributed by atoms with Crippen molar-refractivity contribution in [2.24, 2.45) is 0 Å². The maximum atomic E-state index is 13.7. The van der Waals surface area contributed by atoms with Gasteiger partial charge in [-0.25, -0.2) is 12.8 Å². The number of nitriles is 1. The van der Waals surface area contributed by atoms with Crippen molar-refractivity contribution in [1.29, 1.82) is 5.26 Å². The minimum absolute atomic E-state index is 0.122. The molecule has 0 bridgehead atoms. The van der Waals surface area contributed by atoms with Crippen molar-refractivity contribution in [2.75, 3.05) is 19.7 Å². The van der Waals surface area contributed by atoms with Gasteiger partial charge in [0.15, 0.2) is 0 Å². The van der Waals surface area contributed by atoms with E-state index in [0.717, 1.165) is 43.5 Å². The molecule has 1 aliphatic heterocycles. The summed E-state index contributed by atoms with van der Waals surface area (Å²) in [5, 5.41) is 17.0. The van der Waals surface area contributed by atoms with E-state index >= 15 is 0 Å². The lowest BCUT2D eigenvalue weighted by atomic mass is 10.1. The number of allylic oxidation sites excluding steroid dienone is 2. The van der Waals surface area contributed by atoms with E-state index in [-0.39, 0.29) is 15.5 Å². The number of benzene rings is 2. The van der Waals surface area contributed by atoms with E-state index in [1.807, 2.05) is 12.2 Å². The van der Waals surface area contributed by atoms with Gasteiger partial charge < -0.3 is 9.64 Å². The van der Waals surface area contributed by atoms with Gasteiger partial charge in [-0.2, -0.15) is 9.98 Å². The standard InChI is InChI=1S/C24H21FN5O3S2/c25-22-15-18(5-6-20(22)16-26)17-27-35(31,32)24-29-28-23(34-24)19-7-9-21(10-8-19)33-14-4-13-30-11-2-1-3-12-30/h1-3,5-11,15,17,27H,4,12-14H2. The summed E-state index contributed by atoms with van der Waals surface area (Å²) < 4.78 is 46.7. The molecule has 0 amide bonds. The van der Waals surface area contributed by atoms with Crippen LogP contribution < -0.4 is 9.46 Å². The van der Waals surface area contributed by atoms with Gasteiger partial charge in [0.25, 0.3) is 10.0 Å². The SMILES string of the molecule is N#Cc1ccc([CH]NS(=O)(=O)c2nnc(-c3ccc(OCCCN4C=CC=CC4)cc3)s2)cc1F. The monoisotopic (exact) mass is 510 g/mol. The maximum Gasteiger partial charge on any atom is 0.270 e. The highest BCUT2D eigenvalue weighted by atomic mass is 32.2. The van der Waals surface area contributed by atoms with Gasteiger partial charge in [0.1, 0.15) is 22.6 Å². The average molecular weight is 511 g/mol. The summed E-state index contributed by atoms with van der Waals surface area (Å²) >= 11 is 0.912. The number of hydrogen-bond donors (Lipinski definition) is 1. The van der Waals surface area contributed by atoms with Gasteiger partial charge in [0.2, 0.25) is 4.34 Å². The lowest BCUT2D eigenvalue weighted by molar-refractivity contribution is 0.283. The first kappa shape index (κ1) is 24.5. The molecule has 11 heteroatoms. The molecule has 3 aromatic rings. The summed E-state index contributed by atoms with van der Waals surface area (Å²) in [6.07, 6.45) is 9.09. The van der Waals surface area contributed by atoms with Crippen LogP contribution in [0.3, 0.4) is 0 Å². The molecule has 4 rings (SSSR count). The second-order valence-corrected chi connectivity index (χ2v) is 10.3. The van der Waals surface area contributed by atoms with Crippen molar-refractivity contribution in [1.82, 2.24) is 19.8 Å². The number of ether oxygens (including phenoxy) is 1. The normalized spacial score (nSPS) is 13.1. The topological polar surface area (TPSA) is 108 Å². The van der Waals surface area contributed by atoms with Crippen molar-refractivity contribution in [3.63, 3.8) is 0 Å². The zero-order valence-corrected chi connectivity index (χ0v) is 20.1. The molecule has 0 spiro atoms. The molecule has 2 heterocycles. The summed E-state index contributed by atoms with van der Waals surface area (Å²) in [4.78, 5) is 2.21. The summed E-state index contributed by atoms with van der Waals surface area (Å²) in [5.41, 5.74) is 0.844. The summed E-state index contributed by atoms with van der Waals surface area (Å²) in [7, 11) is -3.99. The highest BCUT2D eigenvalue weighted by Gasteiger charge is 2.21. The van der Waals surface area contributed by atoms with Crippen LogP contribution in [0.25, 0.3) is 10.6 Å². The van der Waals surface area contributed by atoms with Crippen molar-refractivity contribution in [3.8, 4) is 22.4 Å². The minimum Gasteiger partial charge on any atom is -0.494 e. The Morgan fingerprint density at radius 3 is 2.74 bits per heavy atom. The molecule has 0 atom stereocenters. The van der Waals surface area contributed by atoms with E-state index in [1.54, 1.807) is 30.3 Å². The molecule has 0 unspecified atom stereocenters. The molecular weight excluding hydrogens is 489 g/mol. The van der Waals surface area contributed by atoms with Crippen LogP contribution in [-0.2, 0) is 10.0 Å². The number of aromatic nitrogens is 2. The predicted molar refractivity (Wildman–Crippen MR) is 130 cm³/mol. The van der Waals surface area contributed by atoms with E-state index in [4.69, 9.17) is 10.00 Å². The molecule has 0 saturated heterocycles. The smallest absolute Gasteiger partial charge is 0.270 e. The molecule has 1 N–H and O–H groups in total. The Bertz CT molecular complexity index is 1380. The van der Waals surface area contributed by atoms with Crippen LogP contribution in [0.5, 0.6) is 5.75 Å². The van der Waals surface area contributed by atoms with Gasteiger partial charge in [-0.05, 0) is 60.7 Å². The fourth-order valence-electron chi connectivity index (χ4n) is 3.17. The van der Waals surface area contributed by atoms with Crippen LogP contribution in [-0.4, -0.2) is 43.2 Å². The van der Waals surface area contributed by atoms with Crippen molar-refractivity contribution in [2.45, 2.75) is 10.8 Å². The molecular formula is C24H21FN5O3S2. The molecule has 2 aromatic carbocycles. The fraction of sp³-hybridized carbons (Fsp3) is 0.167. The quantitative estimate of drug-likeness (QED) is 0.413. The second-order valence-electron chi connectivity index (χ2n) is 7.48. The third kappa shape index (κ3) is 6.51. The van der Waals surface area contributed by atoms with E-state index in [0.29, 0.717) is 22.9 Å². The molecule has 179 valence electrons. The van der Waals surface area contributed by atoms with E-state index in [2.05, 4.69) is 32.1 Å². The third-order valence-corrected chi connectivity index (χ3v) is 7.62. The zero-order valence-electron chi connectivity index (χ0n) is 18.5. The summed E-state index contributed by atoms with van der Waals surface area (Å²) in [5.74, 6) is -0.0197. The van der Waals surface area contributed by atoms with Crippen LogP contribution in [0.2, 0.25) is 0 Å². The Labute approximate surface area is 207 Å². The molecule has 1 aliphatic rings. The summed E-state index contributed by atoms with van der Waals surface area (Å²) in [6.45, 7) is 3.53. The van der Waals surface area contributed by atoms with Crippen LogP contribution in [0.4, 0.5) is 4.39 Å². The zero-order chi connectivity index (χ0) is 24.7. The van der Waals surface area contributed by atoms with Crippen molar-refractivity contribution < 1.29 is 17.5 Å². The van der Waals surface area contributed by atoms with Gasteiger partial charge in [-0.1, -0.05) is 29.6 Å². The van der Waals surface area contributed by atoms with Gasteiger partial charge in [0.05, 0.1) is 18.7 Å². The summed E-state index contributed by atoms with van der Waals surface area (Å²) in [6, 6.07) is 12.7. The van der Waals surface area contributed by atoms with Gasteiger partial charge in [-0.15, -0.1) is 10.2 Å². The van der Waals surface area contributed by atoms with Crippen LogP contribution in [0.1, 0.15) is 17.5 Å². The van der Waals surface area contributed by atoms with E-state index in [9.17, 15) is 12.8 Å². The number of hydrogen-bond acceptors (Lipinski definition) is 8. The highest BCUT2D eigenvalue weighted by Crippen LogP contribution is 2.27. The molecule has 0 aliphatic carbocycles. The largest absolute Gasteiger partial charge is 0.494 e. The van der Waals surface area contributed by atoms with E-state index in [1.165, 1.54) is 12.1 Å². The molecule has 1 aromatic heterocycles. The third-order valence-electron chi connectivity index (χ3n) is 4.97. The molecule has 35 heavy (non-hydrogen) atoms. The first-order chi connectivity index (χ1) is 16.9.